The van der Waals surface area contributed by atoms with E-state index in [1.807, 2.05) is 0 Å². The first-order chi connectivity index (χ1) is 24.5. The lowest BCUT2D eigenvalue weighted by molar-refractivity contribution is -0.150. The summed E-state index contributed by atoms with van der Waals surface area (Å²) in [6, 6.07) is 0.495. The summed E-state index contributed by atoms with van der Waals surface area (Å²) >= 11 is 0. The number of hydrogen-bond acceptors (Lipinski definition) is 6. The van der Waals surface area contributed by atoms with Crippen LogP contribution >= 0.6 is 0 Å². The zero-order valence-electron chi connectivity index (χ0n) is 34.1. The van der Waals surface area contributed by atoms with E-state index >= 15 is 0 Å². The van der Waals surface area contributed by atoms with Gasteiger partial charge in [-0.3, -0.25) is 14.5 Å². The molecule has 0 saturated heterocycles. The normalized spacial score (nSPS) is 12.2. The fraction of sp³-hybridized carbons (Fsp3) is 0.955. The van der Waals surface area contributed by atoms with Gasteiger partial charge in [-0.15, -0.1) is 0 Å². The topological polar surface area (TPSA) is 76.1 Å². The highest BCUT2D eigenvalue weighted by atomic mass is 16.5. The van der Waals surface area contributed by atoms with Crippen LogP contribution in [-0.4, -0.2) is 60.4 Å². The van der Waals surface area contributed by atoms with Gasteiger partial charge in [0.15, 0.2) is 0 Å². The van der Waals surface area contributed by atoms with E-state index in [9.17, 15) is 14.7 Å². The molecule has 6 nitrogen and oxygen atoms in total. The number of unbranched alkanes of at least 4 members (excludes halogenated alkanes) is 22. The molecule has 0 heterocycles. The maximum Gasteiger partial charge on any atom is 0.306 e. The van der Waals surface area contributed by atoms with E-state index in [4.69, 9.17) is 9.47 Å². The Bertz CT molecular complexity index is 701. The Morgan fingerprint density at radius 3 is 1.46 bits per heavy atom. The smallest absolute Gasteiger partial charge is 0.306 e. The Balaban J connectivity index is 4.05. The molecule has 0 bridgehead atoms. The molecule has 0 fully saturated rings. The molecule has 0 radical (unpaired) electrons. The highest BCUT2D eigenvalue weighted by molar-refractivity contribution is 5.69. The molecule has 0 aliphatic heterocycles. The molecule has 0 aliphatic rings. The minimum Gasteiger partial charge on any atom is -0.466 e. The Morgan fingerprint density at radius 1 is 0.500 bits per heavy atom. The average Bonchev–Trinajstić information content (AvgIpc) is 3.11. The zero-order chi connectivity index (χ0) is 36.8. The van der Waals surface area contributed by atoms with Crippen molar-refractivity contribution < 1.29 is 24.2 Å². The molecule has 0 saturated carbocycles. The summed E-state index contributed by atoms with van der Waals surface area (Å²) in [6.07, 6.45) is 36.9. The number of ether oxygens (including phenoxy) is 2. The van der Waals surface area contributed by atoms with Crippen molar-refractivity contribution in [1.29, 1.82) is 0 Å². The molecule has 1 N–H and O–H groups in total. The van der Waals surface area contributed by atoms with Gasteiger partial charge in [0.1, 0.15) is 6.10 Å². The molecule has 0 rings (SSSR count). The second-order valence-electron chi connectivity index (χ2n) is 15.3. The lowest BCUT2D eigenvalue weighted by atomic mass is 10.0. The lowest BCUT2D eigenvalue weighted by Gasteiger charge is -2.28. The molecule has 0 aromatic rings. The second kappa shape index (κ2) is 39.1. The number of nitrogens with zero attached hydrogens (tertiary/aromatic N) is 1. The molecule has 0 aliphatic carbocycles. The van der Waals surface area contributed by atoms with Crippen molar-refractivity contribution in [2.45, 2.75) is 245 Å². The number of rotatable bonds is 40. The molecule has 0 spiro atoms. The third-order valence-electron chi connectivity index (χ3n) is 10.4. The van der Waals surface area contributed by atoms with Crippen LogP contribution in [0.2, 0.25) is 0 Å². The maximum absolute atomic E-state index is 12.7. The summed E-state index contributed by atoms with van der Waals surface area (Å²) in [5.74, 6) is -0.00974. The summed E-state index contributed by atoms with van der Waals surface area (Å²) in [6.45, 7) is 11.6. The van der Waals surface area contributed by atoms with Crippen LogP contribution in [0.4, 0.5) is 0 Å². The van der Waals surface area contributed by atoms with Crippen molar-refractivity contribution in [3.63, 3.8) is 0 Å². The van der Waals surface area contributed by atoms with Crippen LogP contribution in [0.25, 0.3) is 0 Å². The van der Waals surface area contributed by atoms with E-state index in [2.05, 4.69) is 32.6 Å². The van der Waals surface area contributed by atoms with Crippen LogP contribution in [0.1, 0.15) is 233 Å². The Hall–Kier alpha value is -1.14. The predicted molar refractivity (Wildman–Crippen MR) is 214 cm³/mol. The maximum atomic E-state index is 12.7. The summed E-state index contributed by atoms with van der Waals surface area (Å²) in [5, 5.41) is 9.65. The fourth-order valence-corrected chi connectivity index (χ4v) is 6.99. The summed E-state index contributed by atoms with van der Waals surface area (Å²) < 4.78 is 11.4. The van der Waals surface area contributed by atoms with Gasteiger partial charge < -0.3 is 14.6 Å². The predicted octanol–water partition coefficient (Wildman–Crippen LogP) is 12.7. The highest BCUT2D eigenvalue weighted by Gasteiger charge is 2.15. The summed E-state index contributed by atoms with van der Waals surface area (Å²) in [4.78, 5) is 26.9. The van der Waals surface area contributed by atoms with Gasteiger partial charge in [0.25, 0.3) is 0 Å². The summed E-state index contributed by atoms with van der Waals surface area (Å²) in [7, 11) is 0. The van der Waals surface area contributed by atoms with Crippen LogP contribution in [0, 0.1) is 0 Å². The summed E-state index contributed by atoms with van der Waals surface area (Å²) in [5.41, 5.74) is 0. The van der Waals surface area contributed by atoms with Crippen LogP contribution in [0.5, 0.6) is 0 Å². The van der Waals surface area contributed by atoms with E-state index in [-0.39, 0.29) is 24.6 Å². The van der Waals surface area contributed by atoms with Gasteiger partial charge >= 0.3 is 11.9 Å². The van der Waals surface area contributed by atoms with E-state index in [0.29, 0.717) is 25.5 Å². The molecule has 6 heteroatoms. The largest absolute Gasteiger partial charge is 0.466 e. The van der Waals surface area contributed by atoms with E-state index in [0.717, 1.165) is 77.3 Å². The molecule has 298 valence electrons. The molecule has 0 amide bonds. The first-order valence-corrected chi connectivity index (χ1v) is 22.2. The van der Waals surface area contributed by atoms with Crippen molar-refractivity contribution in [3.8, 4) is 0 Å². The first-order valence-electron chi connectivity index (χ1n) is 22.2. The van der Waals surface area contributed by atoms with Crippen LogP contribution in [0.15, 0.2) is 0 Å². The van der Waals surface area contributed by atoms with Gasteiger partial charge in [0.2, 0.25) is 0 Å². The lowest BCUT2D eigenvalue weighted by Crippen LogP contribution is -2.36. The van der Waals surface area contributed by atoms with Crippen molar-refractivity contribution in [2.75, 3.05) is 26.3 Å². The van der Waals surface area contributed by atoms with Gasteiger partial charge in [-0.05, 0) is 71.3 Å². The van der Waals surface area contributed by atoms with Gasteiger partial charge in [0, 0.05) is 25.4 Å². The van der Waals surface area contributed by atoms with E-state index in [1.165, 1.54) is 128 Å². The molecule has 1 unspecified atom stereocenters. The number of carbonyl (C=O) groups excluding carboxylic acids is 2. The highest BCUT2D eigenvalue weighted by Crippen LogP contribution is 2.19. The second-order valence-corrected chi connectivity index (χ2v) is 15.3. The number of hydrogen-bond donors (Lipinski definition) is 1. The molecule has 50 heavy (non-hydrogen) atoms. The average molecular weight is 710 g/mol. The van der Waals surface area contributed by atoms with Crippen molar-refractivity contribution >= 4 is 11.9 Å². The number of aliphatic hydroxyl groups excluding tert-OH is 1. The number of aliphatic hydroxyl groups is 1. The monoisotopic (exact) mass is 710 g/mol. The van der Waals surface area contributed by atoms with E-state index < -0.39 is 0 Å². The van der Waals surface area contributed by atoms with Gasteiger partial charge in [0.05, 0.1) is 13.2 Å². The minimum absolute atomic E-state index is 0.0175. The SMILES string of the molecule is CCCCCCCCC(CCCCCCCC)OC(=O)CCCCCCCN(CCO)C(C)CCCCCCCCOC(=O)CCCCCC. The molecule has 1 atom stereocenters. The standard InChI is InChI=1S/C44H87NO5/c1-5-8-11-14-20-26-33-42(34-27-21-15-12-9-6-2)50-44(48)36-29-22-18-23-30-37-45(38-39-46)41(4)32-25-19-16-17-24-31-40-49-43(47)35-28-13-10-7-3/h41-42,46H,5-40H2,1-4H3. The Morgan fingerprint density at radius 2 is 0.920 bits per heavy atom. The van der Waals surface area contributed by atoms with Crippen LogP contribution in [-0.2, 0) is 19.1 Å². The molecular weight excluding hydrogens is 622 g/mol. The Kier molecular flexibility index (Phi) is 38.2. The third-order valence-corrected chi connectivity index (χ3v) is 10.4. The molecular formula is C44H87NO5. The fourth-order valence-electron chi connectivity index (χ4n) is 6.99. The van der Waals surface area contributed by atoms with Gasteiger partial charge in [-0.25, -0.2) is 0 Å². The Labute approximate surface area is 312 Å². The van der Waals surface area contributed by atoms with Crippen LogP contribution in [0.3, 0.4) is 0 Å². The molecule has 0 aromatic heterocycles. The number of esters is 2. The van der Waals surface area contributed by atoms with E-state index in [1.54, 1.807) is 0 Å². The zero-order valence-corrected chi connectivity index (χ0v) is 34.1. The minimum atomic E-state index is -0.0272. The van der Waals surface area contributed by atoms with Crippen LogP contribution < -0.4 is 0 Å². The van der Waals surface area contributed by atoms with Crippen molar-refractivity contribution in [3.05, 3.63) is 0 Å². The first kappa shape index (κ1) is 48.9. The number of carbonyl (C=O) groups is 2. The third kappa shape index (κ3) is 34.0. The van der Waals surface area contributed by atoms with Crippen molar-refractivity contribution in [2.24, 2.45) is 0 Å². The quantitative estimate of drug-likeness (QED) is 0.0504. The van der Waals surface area contributed by atoms with Gasteiger partial charge in [-0.1, -0.05) is 156 Å². The van der Waals surface area contributed by atoms with Gasteiger partial charge in [-0.2, -0.15) is 0 Å². The molecule has 0 aromatic carbocycles. The van der Waals surface area contributed by atoms with Crippen molar-refractivity contribution in [1.82, 2.24) is 4.90 Å².